The number of hydrogen-bond donors (Lipinski definition) is 1. The summed E-state index contributed by atoms with van der Waals surface area (Å²) in [5, 5.41) is 2.88. The number of nitrogens with zero attached hydrogens (tertiary/aromatic N) is 2. The van der Waals surface area contributed by atoms with Crippen molar-refractivity contribution in [3.8, 4) is 0 Å². The minimum Gasteiger partial charge on any atom is -0.361 e. The number of aromatic amines is 1. The molecule has 3 heterocycles. The zero-order valence-corrected chi connectivity index (χ0v) is 13.6. The van der Waals surface area contributed by atoms with E-state index < -0.39 is 0 Å². The van der Waals surface area contributed by atoms with E-state index in [1.54, 1.807) is 24.0 Å². The number of nitrogens with one attached hydrogen (secondary N) is 1. The van der Waals surface area contributed by atoms with Crippen LogP contribution in [0.1, 0.15) is 5.56 Å². The second-order valence-electron chi connectivity index (χ2n) is 4.76. The SMILES string of the molecule is Fc1ccc2[nH]ccc2c1C1=NC(Cl)=NC2C(Br)=CSC12. The van der Waals surface area contributed by atoms with Crippen molar-refractivity contribution < 1.29 is 4.39 Å². The predicted molar refractivity (Wildman–Crippen MR) is 90.3 cm³/mol. The maximum absolute atomic E-state index is 14.4. The standard InChI is InChI=1S/C14H8BrClFN3S/c15-7-5-21-13-11(7)19-14(16)20-12(13)10-6-3-4-18-9(6)2-1-8(10)17/h1-5,11,13,18H. The van der Waals surface area contributed by atoms with Crippen LogP contribution in [0.3, 0.4) is 0 Å². The molecule has 1 aromatic heterocycles. The van der Waals surface area contributed by atoms with Gasteiger partial charge in [-0.2, -0.15) is 0 Å². The Balaban J connectivity index is 1.94. The first-order valence-corrected chi connectivity index (χ1v) is 8.35. The smallest absolute Gasteiger partial charge is 0.218 e. The third-order valence-corrected chi connectivity index (χ3v) is 5.91. The summed E-state index contributed by atoms with van der Waals surface area (Å²) in [4.78, 5) is 11.7. The predicted octanol–water partition coefficient (Wildman–Crippen LogP) is 4.42. The van der Waals surface area contributed by atoms with Gasteiger partial charge >= 0.3 is 0 Å². The van der Waals surface area contributed by atoms with E-state index >= 15 is 0 Å². The minimum atomic E-state index is -0.297. The topological polar surface area (TPSA) is 40.5 Å². The van der Waals surface area contributed by atoms with E-state index in [1.165, 1.54) is 6.07 Å². The molecule has 106 valence electrons. The molecule has 0 amide bonds. The van der Waals surface area contributed by atoms with Crippen molar-refractivity contribution in [1.29, 1.82) is 0 Å². The molecule has 2 aliphatic heterocycles. The summed E-state index contributed by atoms with van der Waals surface area (Å²) in [5.41, 5.74) is 2.01. The fourth-order valence-electron chi connectivity index (χ4n) is 2.64. The number of H-pyrrole nitrogens is 1. The summed E-state index contributed by atoms with van der Waals surface area (Å²) in [6.45, 7) is 0. The van der Waals surface area contributed by atoms with Crippen molar-refractivity contribution in [2.75, 3.05) is 0 Å². The van der Waals surface area contributed by atoms with Crippen LogP contribution >= 0.6 is 39.3 Å². The second kappa shape index (κ2) is 4.97. The highest BCUT2D eigenvalue weighted by molar-refractivity contribution is 9.11. The summed E-state index contributed by atoms with van der Waals surface area (Å²) in [5.74, 6) is -0.297. The lowest BCUT2D eigenvalue weighted by atomic mass is 9.98. The van der Waals surface area contributed by atoms with Crippen LogP contribution in [0.4, 0.5) is 4.39 Å². The monoisotopic (exact) mass is 383 g/mol. The van der Waals surface area contributed by atoms with E-state index in [0.717, 1.165) is 15.4 Å². The molecule has 0 aliphatic carbocycles. The van der Waals surface area contributed by atoms with Crippen LogP contribution in [0, 0.1) is 5.82 Å². The minimum absolute atomic E-state index is 0.0584. The molecule has 4 rings (SSSR count). The molecule has 0 spiro atoms. The maximum Gasteiger partial charge on any atom is 0.218 e. The summed E-state index contributed by atoms with van der Waals surface area (Å²) in [6, 6.07) is 4.89. The van der Waals surface area contributed by atoms with E-state index in [4.69, 9.17) is 11.6 Å². The average Bonchev–Trinajstić information content (AvgIpc) is 3.06. The highest BCUT2D eigenvalue weighted by Gasteiger charge is 2.38. The number of fused-ring (bicyclic) bond motifs is 2. The normalized spacial score (nSPS) is 24.6. The molecule has 2 unspecified atom stereocenters. The molecule has 0 saturated heterocycles. The summed E-state index contributed by atoms with van der Waals surface area (Å²) < 4.78 is 15.4. The highest BCUT2D eigenvalue weighted by Crippen LogP contribution is 2.41. The molecule has 0 fully saturated rings. The third-order valence-electron chi connectivity index (χ3n) is 3.56. The van der Waals surface area contributed by atoms with Crippen molar-refractivity contribution >= 4 is 61.2 Å². The Morgan fingerprint density at radius 3 is 3.05 bits per heavy atom. The first-order valence-electron chi connectivity index (χ1n) is 6.24. The number of aromatic nitrogens is 1. The molecule has 21 heavy (non-hydrogen) atoms. The Morgan fingerprint density at radius 2 is 2.19 bits per heavy atom. The second-order valence-corrected chi connectivity index (χ2v) is 7.03. The van der Waals surface area contributed by atoms with Gasteiger partial charge in [-0.25, -0.2) is 14.4 Å². The van der Waals surface area contributed by atoms with E-state index in [0.29, 0.717) is 11.3 Å². The molecule has 3 nitrogen and oxygen atoms in total. The van der Waals surface area contributed by atoms with Crippen LogP contribution < -0.4 is 0 Å². The van der Waals surface area contributed by atoms with Gasteiger partial charge in [0.15, 0.2) is 0 Å². The van der Waals surface area contributed by atoms with E-state index in [2.05, 4.69) is 30.9 Å². The van der Waals surface area contributed by atoms with Gasteiger partial charge in [-0.05, 0) is 35.2 Å². The first kappa shape index (κ1) is 13.5. The number of hydrogen-bond acceptors (Lipinski definition) is 3. The van der Waals surface area contributed by atoms with Gasteiger partial charge in [0.1, 0.15) is 11.9 Å². The van der Waals surface area contributed by atoms with Gasteiger partial charge in [0.25, 0.3) is 0 Å². The van der Waals surface area contributed by atoms with E-state index in [-0.39, 0.29) is 22.4 Å². The Hall–Kier alpha value is -1.11. The zero-order chi connectivity index (χ0) is 14.6. The summed E-state index contributed by atoms with van der Waals surface area (Å²) in [6.07, 6.45) is 1.79. The molecule has 2 aliphatic rings. The third kappa shape index (κ3) is 2.08. The Labute approximate surface area is 137 Å². The van der Waals surface area contributed by atoms with Gasteiger partial charge in [-0.1, -0.05) is 15.9 Å². The number of rotatable bonds is 1. The molecule has 0 radical (unpaired) electrons. The van der Waals surface area contributed by atoms with Gasteiger partial charge in [0.2, 0.25) is 5.29 Å². The molecule has 1 N–H and O–H groups in total. The van der Waals surface area contributed by atoms with Crippen LogP contribution in [-0.4, -0.2) is 27.3 Å². The van der Waals surface area contributed by atoms with Gasteiger partial charge in [-0.3, -0.25) is 0 Å². The van der Waals surface area contributed by atoms with Gasteiger partial charge in [0, 0.05) is 27.1 Å². The van der Waals surface area contributed by atoms with Gasteiger partial charge < -0.3 is 4.98 Å². The van der Waals surface area contributed by atoms with Crippen molar-refractivity contribution in [2.24, 2.45) is 9.98 Å². The molecular weight excluding hydrogens is 377 g/mol. The van der Waals surface area contributed by atoms with E-state index in [1.807, 2.05) is 11.5 Å². The molecule has 2 aromatic rings. The number of amidine groups is 1. The number of halogens is 3. The van der Waals surface area contributed by atoms with Gasteiger partial charge in [-0.15, -0.1) is 11.8 Å². The quantitative estimate of drug-likeness (QED) is 0.726. The van der Waals surface area contributed by atoms with Crippen LogP contribution in [0.25, 0.3) is 10.9 Å². The lowest BCUT2D eigenvalue weighted by Gasteiger charge is -2.23. The van der Waals surface area contributed by atoms with Crippen molar-refractivity contribution in [2.45, 2.75) is 11.3 Å². The van der Waals surface area contributed by atoms with Crippen LogP contribution in [0.15, 0.2) is 44.3 Å². The molecule has 0 saturated carbocycles. The first-order chi connectivity index (χ1) is 10.1. The maximum atomic E-state index is 14.4. The lowest BCUT2D eigenvalue weighted by molar-refractivity contribution is 0.626. The Morgan fingerprint density at radius 1 is 1.33 bits per heavy atom. The highest BCUT2D eigenvalue weighted by atomic mass is 79.9. The Kier molecular flexibility index (Phi) is 3.20. The number of aliphatic imine (C=N–C) groups is 2. The molecular formula is C14H8BrClFN3S. The van der Waals surface area contributed by atoms with Crippen LogP contribution in [0.2, 0.25) is 0 Å². The molecule has 2 atom stereocenters. The summed E-state index contributed by atoms with van der Waals surface area (Å²) in [7, 11) is 0. The van der Waals surface area contributed by atoms with Crippen LogP contribution in [0.5, 0.6) is 0 Å². The van der Waals surface area contributed by atoms with Crippen molar-refractivity contribution in [3.05, 3.63) is 45.7 Å². The average molecular weight is 385 g/mol. The molecule has 1 aromatic carbocycles. The zero-order valence-electron chi connectivity index (χ0n) is 10.5. The van der Waals surface area contributed by atoms with Crippen LogP contribution in [-0.2, 0) is 0 Å². The van der Waals surface area contributed by atoms with E-state index in [9.17, 15) is 4.39 Å². The molecule has 7 heteroatoms. The summed E-state index contributed by atoms with van der Waals surface area (Å²) >= 11 is 11.1. The lowest BCUT2D eigenvalue weighted by Crippen LogP contribution is -2.33. The van der Waals surface area contributed by atoms with Gasteiger partial charge in [0.05, 0.1) is 11.0 Å². The fourth-order valence-corrected chi connectivity index (χ4v) is 4.78. The Bertz CT molecular complexity index is 842. The number of thioether (sulfide) groups is 1. The fraction of sp³-hybridized carbons (Fsp3) is 0.143. The number of benzene rings is 1. The largest absolute Gasteiger partial charge is 0.361 e. The van der Waals surface area contributed by atoms with Crippen molar-refractivity contribution in [1.82, 2.24) is 4.98 Å². The molecule has 0 bridgehead atoms. The van der Waals surface area contributed by atoms with Crippen molar-refractivity contribution in [3.63, 3.8) is 0 Å².